The van der Waals surface area contributed by atoms with Gasteiger partial charge in [0.1, 0.15) is 0 Å². The van der Waals surface area contributed by atoms with Crippen molar-refractivity contribution in [2.75, 3.05) is 37.9 Å². The summed E-state index contributed by atoms with van der Waals surface area (Å²) >= 11 is 1.53. The topological polar surface area (TPSA) is 59.0 Å². The number of carbonyl (C=O) groups is 1. The molecule has 0 bridgehead atoms. The second kappa shape index (κ2) is 11.0. The van der Waals surface area contributed by atoms with E-state index in [4.69, 9.17) is 9.47 Å². The molecule has 5 nitrogen and oxygen atoms in total. The second-order valence-electron chi connectivity index (χ2n) is 6.17. The lowest BCUT2D eigenvalue weighted by Crippen LogP contribution is -2.13. The summed E-state index contributed by atoms with van der Waals surface area (Å²) in [6.07, 6.45) is 3.37. The maximum Gasteiger partial charge on any atom is 0.335 e. The predicted octanol–water partition coefficient (Wildman–Crippen LogP) is 4.44. The number of methoxy groups -OCH3 is 1. The molecule has 2 aromatic rings. The summed E-state index contributed by atoms with van der Waals surface area (Å²) in [5.41, 5.74) is 3.22. The maximum atomic E-state index is 11.6. The van der Waals surface area contributed by atoms with Crippen molar-refractivity contribution in [3.63, 3.8) is 0 Å². The molecule has 146 valence electrons. The van der Waals surface area contributed by atoms with Crippen molar-refractivity contribution < 1.29 is 19.4 Å². The van der Waals surface area contributed by atoms with Gasteiger partial charge in [0, 0.05) is 26.1 Å². The summed E-state index contributed by atoms with van der Waals surface area (Å²) in [6.45, 7) is 0.957. The number of benzene rings is 2. The van der Waals surface area contributed by atoms with Crippen molar-refractivity contribution in [1.82, 2.24) is 0 Å². The SMILES string of the molecule is COCCOC(CCc1ccccc1)c1cc(C(=O)O)cc(N(C)SC)c1. The van der Waals surface area contributed by atoms with Crippen LogP contribution in [0.1, 0.15) is 34.0 Å². The number of carboxylic acid groups (broad SMARTS) is 1. The summed E-state index contributed by atoms with van der Waals surface area (Å²) in [5, 5.41) is 9.51. The van der Waals surface area contributed by atoms with Gasteiger partial charge in [0.15, 0.2) is 0 Å². The first-order valence-corrected chi connectivity index (χ1v) is 10.0. The van der Waals surface area contributed by atoms with Crippen molar-refractivity contribution >= 4 is 23.6 Å². The molecule has 0 radical (unpaired) electrons. The quantitative estimate of drug-likeness (QED) is 0.453. The molecule has 0 aliphatic heterocycles. The van der Waals surface area contributed by atoms with Crippen molar-refractivity contribution in [2.45, 2.75) is 18.9 Å². The van der Waals surface area contributed by atoms with Crippen LogP contribution < -0.4 is 4.31 Å². The van der Waals surface area contributed by atoms with Gasteiger partial charge in [-0.15, -0.1) is 0 Å². The Hall–Kier alpha value is -2.02. The van der Waals surface area contributed by atoms with Gasteiger partial charge in [0.2, 0.25) is 0 Å². The molecule has 27 heavy (non-hydrogen) atoms. The van der Waals surface area contributed by atoms with Gasteiger partial charge in [-0.3, -0.25) is 0 Å². The van der Waals surface area contributed by atoms with E-state index in [0.717, 1.165) is 24.1 Å². The van der Waals surface area contributed by atoms with Crippen LogP contribution in [0.2, 0.25) is 0 Å². The minimum absolute atomic E-state index is 0.200. The number of anilines is 1. The normalized spacial score (nSPS) is 12.0. The van der Waals surface area contributed by atoms with Crippen molar-refractivity contribution in [3.8, 4) is 0 Å². The molecule has 0 heterocycles. The Bertz CT molecular complexity index is 723. The highest BCUT2D eigenvalue weighted by Crippen LogP contribution is 2.30. The van der Waals surface area contributed by atoms with Gasteiger partial charge in [0.25, 0.3) is 0 Å². The Labute approximate surface area is 165 Å². The molecule has 0 amide bonds. The molecule has 0 aliphatic rings. The van der Waals surface area contributed by atoms with E-state index in [1.807, 2.05) is 41.9 Å². The predicted molar refractivity (Wildman–Crippen MR) is 111 cm³/mol. The van der Waals surface area contributed by atoms with Crippen LogP contribution in [0.3, 0.4) is 0 Å². The summed E-state index contributed by atoms with van der Waals surface area (Å²) in [7, 11) is 3.55. The van der Waals surface area contributed by atoms with E-state index in [0.29, 0.717) is 13.2 Å². The van der Waals surface area contributed by atoms with Gasteiger partial charge in [-0.1, -0.05) is 42.3 Å². The average molecular weight is 390 g/mol. The lowest BCUT2D eigenvalue weighted by molar-refractivity contribution is 0.0122. The largest absolute Gasteiger partial charge is 0.478 e. The highest BCUT2D eigenvalue weighted by atomic mass is 32.2. The molecule has 1 atom stereocenters. The van der Waals surface area contributed by atoms with E-state index in [9.17, 15) is 9.90 Å². The standard InChI is InChI=1S/C21H27NO4S/c1-22(27-3)19-14-17(13-18(15-19)21(23)24)20(26-12-11-25-2)10-9-16-7-5-4-6-8-16/h4-8,13-15,20H,9-12H2,1-3H3,(H,23,24). The number of rotatable bonds is 11. The van der Waals surface area contributed by atoms with E-state index in [-0.39, 0.29) is 11.7 Å². The number of hydrogen-bond donors (Lipinski definition) is 1. The van der Waals surface area contributed by atoms with E-state index in [1.165, 1.54) is 17.5 Å². The molecule has 2 aromatic carbocycles. The van der Waals surface area contributed by atoms with Crippen LogP contribution in [-0.4, -0.2) is 44.7 Å². The molecular weight excluding hydrogens is 362 g/mol. The summed E-state index contributed by atoms with van der Waals surface area (Å²) in [6, 6.07) is 15.6. The van der Waals surface area contributed by atoms with Crippen LogP contribution in [-0.2, 0) is 15.9 Å². The molecule has 0 fully saturated rings. The minimum Gasteiger partial charge on any atom is -0.478 e. The highest BCUT2D eigenvalue weighted by Gasteiger charge is 2.17. The number of hydrogen-bond acceptors (Lipinski definition) is 5. The summed E-state index contributed by atoms with van der Waals surface area (Å²) < 4.78 is 13.1. The third-order valence-corrected chi connectivity index (χ3v) is 5.10. The first-order chi connectivity index (χ1) is 13.0. The Balaban J connectivity index is 2.28. The van der Waals surface area contributed by atoms with Crippen LogP contribution in [0.4, 0.5) is 5.69 Å². The monoisotopic (exact) mass is 389 g/mol. The number of aromatic carboxylic acids is 1. The fourth-order valence-electron chi connectivity index (χ4n) is 2.79. The van der Waals surface area contributed by atoms with Gasteiger partial charge >= 0.3 is 5.97 Å². The van der Waals surface area contributed by atoms with Gasteiger partial charge in [-0.2, -0.15) is 0 Å². The molecule has 1 N–H and O–H groups in total. The van der Waals surface area contributed by atoms with Gasteiger partial charge in [-0.25, -0.2) is 4.79 Å². The Morgan fingerprint density at radius 3 is 2.56 bits per heavy atom. The fraction of sp³-hybridized carbons (Fsp3) is 0.381. The molecule has 0 spiro atoms. The summed E-state index contributed by atoms with van der Waals surface area (Å²) in [4.78, 5) is 11.6. The Morgan fingerprint density at radius 2 is 1.93 bits per heavy atom. The van der Waals surface area contributed by atoms with Crippen LogP contribution >= 0.6 is 11.9 Å². The van der Waals surface area contributed by atoms with Crippen LogP contribution in [0.25, 0.3) is 0 Å². The Morgan fingerprint density at radius 1 is 1.19 bits per heavy atom. The second-order valence-corrected chi connectivity index (χ2v) is 7.09. The lowest BCUT2D eigenvalue weighted by Gasteiger charge is -2.22. The molecule has 0 aromatic heterocycles. The number of ether oxygens (including phenoxy) is 2. The maximum absolute atomic E-state index is 11.6. The van der Waals surface area contributed by atoms with E-state index < -0.39 is 5.97 Å². The zero-order chi connectivity index (χ0) is 19.6. The smallest absolute Gasteiger partial charge is 0.335 e. The zero-order valence-electron chi connectivity index (χ0n) is 16.1. The first-order valence-electron chi connectivity index (χ1n) is 8.85. The van der Waals surface area contributed by atoms with Gasteiger partial charge < -0.3 is 18.9 Å². The van der Waals surface area contributed by atoms with Crippen LogP contribution in [0, 0.1) is 0 Å². The van der Waals surface area contributed by atoms with Crippen LogP contribution in [0.5, 0.6) is 0 Å². The molecule has 0 saturated carbocycles. The minimum atomic E-state index is -0.939. The molecule has 1 unspecified atom stereocenters. The molecule has 2 rings (SSSR count). The molecular formula is C21H27NO4S. The zero-order valence-corrected chi connectivity index (χ0v) is 16.9. The van der Waals surface area contributed by atoms with Gasteiger partial charge in [-0.05, 0) is 42.2 Å². The van der Waals surface area contributed by atoms with E-state index >= 15 is 0 Å². The third kappa shape index (κ3) is 6.57. The number of aryl methyl sites for hydroxylation is 1. The van der Waals surface area contributed by atoms with Crippen LogP contribution in [0.15, 0.2) is 48.5 Å². The van der Waals surface area contributed by atoms with E-state index in [1.54, 1.807) is 19.2 Å². The molecule has 0 saturated heterocycles. The lowest BCUT2D eigenvalue weighted by atomic mass is 9.98. The fourth-order valence-corrected chi connectivity index (χ4v) is 3.11. The van der Waals surface area contributed by atoms with Crippen molar-refractivity contribution in [3.05, 3.63) is 65.2 Å². The van der Waals surface area contributed by atoms with E-state index in [2.05, 4.69) is 12.1 Å². The third-order valence-electron chi connectivity index (χ3n) is 4.34. The molecule has 0 aliphatic carbocycles. The highest BCUT2D eigenvalue weighted by molar-refractivity contribution is 7.99. The first kappa shape index (κ1) is 21.3. The average Bonchev–Trinajstić information content (AvgIpc) is 2.70. The Kier molecular flexibility index (Phi) is 8.64. The number of carboxylic acids is 1. The van der Waals surface area contributed by atoms with Crippen molar-refractivity contribution in [1.29, 1.82) is 0 Å². The summed E-state index contributed by atoms with van der Waals surface area (Å²) in [5.74, 6) is -0.939. The number of nitrogens with zero attached hydrogens (tertiary/aromatic N) is 1. The van der Waals surface area contributed by atoms with Gasteiger partial charge in [0.05, 0.1) is 24.9 Å². The molecule has 6 heteroatoms. The van der Waals surface area contributed by atoms with Crippen molar-refractivity contribution in [2.24, 2.45) is 0 Å².